The van der Waals surface area contributed by atoms with Crippen molar-refractivity contribution in [2.24, 2.45) is 0 Å². The van der Waals surface area contributed by atoms with Crippen molar-refractivity contribution in [3.8, 4) is 10.8 Å². The minimum absolute atomic E-state index is 0.0169. The van der Waals surface area contributed by atoms with Gasteiger partial charge < -0.3 is 9.42 Å². The molecule has 7 nitrogen and oxygen atoms in total. The van der Waals surface area contributed by atoms with Gasteiger partial charge in [0.15, 0.2) is 5.82 Å². The van der Waals surface area contributed by atoms with Crippen molar-refractivity contribution in [3.05, 3.63) is 40.3 Å². The highest BCUT2D eigenvalue weighted by molar-refractivity contribution is 7.13. The minimum atomic E-state index is 0.0169. The van der Waals surface area contributed by atoms with Crippen LogP contribution < -0.4 is 0 Å². The third-order valence-electron chi connectivity index (χ3n) is 4.36. The molecule has 3 aromatic heterocycles. The van der Waals surface area contributed by atoms with E-state index in [1.165, 1.54) is 0 Å². The number of hydrogen-bond donors (Lipinski definition) is 1. The summed E-state index contributed by atoms with van der Waals surface area (Å²) < 4.78 is 5.36. The van der Waals surface area contributed by atoms with Gasteiger partial charge in [0, 0.05) is 24.7 Å². The van der Waals surface area contributed by atoms with Crippen LogP contribution >= 0.6 is 11.3 Å². The van der Waals surface area contributed by atoms with E-state index in [1.807, 2.05) is 36.3 Å². The molecule has 0 radical (unpaired) electrons. The number of aromatic amines is 1. The predicted molar refractivity (Wildman–Crippen MR) is 88.9 cm³/mol. The second-order valence-electron chi connectivity index (χ2n) is 5.98. The summed E-state index contributed by atoms with van der Waals surface area (Å²) in [7, 11) is 0. The molecular weight excluding hydrogens is 326 g/mol. The van der Waals surface area contributed by atoms with E-state index in [9.17, 15) is 4.79 Å². The number of aromatic nitrogens is 4. The first-order valence-electron chi connectivity index (χ1n) is 7.82. The summed E-state index contributed by atoms with van der Waals surface area (Å²) in [6.45, 7) is 5.01. The van der Waals surface area contributed by atoms with Gasteiger partial charge in [0.2, 0.25) is 0 Å². The van der Waals surface area contributed by atoms with Gasteiger partial charge in [0.05, 0.1) is 16.1 Å². The second-order valence-corrected chi connectivity index (χ2v) is 6.93. The molecule has 0 aromatic carbocycles. The van der Waals surface area contributed by atoms with Gasteiger partial charge >= 0.3 is 0 Å². The predicted octanol–water partition coefficient (Wildman–Crippen LogP) is 2.77. The SMILES string of the molecule is Cc1n[nH]c(C)c1C(=O)N1CC[C@@H](c2noc(-c3cccs3)n2)C1. The Morgan fingerprint density at radius 1 is 1.46 bits per heavy atom. The molecule has 0 bridgehead atoms. The molecule has 0 saturated carbocycles. The van der Waals surface area contributed by atoms with E-state index in [0.717, 1.165) is 22.7 Å². The molecule has 3 aromatic rings. The van der Waals surface area contributed by atoms with Crippen molar-refractivity contribution < 1.29 is 9.32 Å². The summed E-state index contributed by atoms with van der Waals surface area (Å²) in [6.07, 6.45) is 0.838. The molecule has 4 heterocycles. The summed E-state index contributed by atoms with van der Waals surface area (Å²) in [6, 6.07) is 3.91. The van der Waals surface area contributed by atoms with Crippen LogP contribution in [0.4, 0.5) is 0 Å². The van der Waals surface area contributed by atoms with Crippen LogP contribution in [0.2, 0.25) is 0 Å². The Hall–Kier alpha value is -2.48. The summed E-state index contributed by atoms with van der Waals surface area (Å²) in [5, 5.41) is 13.1. The number of thiophene rings is 1. The second kappa shape index (κ2) is 5.86. The lowest BCUT2D eigenvalue weighted by Gasteiger charge is -2.15. The summed E-state index contributed by atoms with van der Waals surface area (Å²) in [5.74, 6) is 1.35. The van der Waals surface area contributed by atoms with Crippen LogP contribution in [0.1, 0.15) is 39.9 Å². The van der Waals surface area contributed by atoms with Crippen LogP contribution in [-0.4, -0.2) is 44.2 Å². The van der Waals surface area contributed by atoms with Crippen LogP contribution in [0.3, 0.4) is 0 Å². The Bertz CT molecular complexity index is 848. The molecule has 4 rings (SSSR count). The number of rotatable bonds is 3. The highest BCUT2D eigenvalue weighted by Crippen LogP contribution is 2.30. The third-order valence-corrected chi connectivity index (χ3v) is 5.21. The Morgan fingerprint density at radius 2 is 2.33 bits per heavy atom. The third kappa shape index (κ3) is 2.52. The number of aryl methyl sites for hydroxylation is 2. The smallest absolute Gasteiger partial charge is 0.267 e. The average Bonchev–Trinajstić information content (AvgIpc) is 3.34. The Balaban J connectivity index is 1.50. The molecule has 124 valence electrons. The van der Waals surface area contributed by atoms with Gasteiger partial charge in [-0.15, -0.1) is 11.3 Å². The standard InChI is InChI=1S/C16H17N5O2S/c1-9-13(10(2)19-18-9)16(22)21-6-5-11(8-21)14-17-15(23-20-14)12-4-3-7-24-12/h3-4,7,11H,5-6,8H2,1-2H3,(H,18,19)/t11-/m1/s1. The van der Waals surface area contributed by atoms with Crippen molar-refractivity contribution in [3.63, 3.8) is 0 Å². The van der Waals surface area contributed by atoms with Gasteiger partial charge in [-0.25, -0.2) is 0 Å². The summed E-state index contributed by atoms with van der Waals surface area (Å²) in [4.78, 5) is 20.0. The zero-order valence-electron chi connectivity index (χ0n) is 13.4. The van der Waals surface area contributed by atoms with Crippen LogP contribution in [0.15, 0.2) is 22.0 Å². The van der Waals surface area contributed by atoms with E-state index in [1.54, 1.807) is 11.3 Å². The molecular formula is C16H17N5O2S. The normalized spacial score (nSPS) is 17.6. The molecule has 0 spiro atoms. The lowest BCUT2D eigenvalue weighted by molar-refractivity contribution is 0.0789. The van der Waals surface area contributed by atoms with Crippen molar-refractivity contribution in [2.75, 3.05) is 13.1 Å². The maximum atomic E-state index is 12.7. The number of carbonyl (C=O) groups is 1. The first-order valence-corrected chi connectivity index (χ1v) is 8.69. The number of carbonyl (C=O) groups excluding carboxylic acids is 1. The topological polar surface area (TPSA) is 87.9 Å². The van der Waals surface area contributed by atoms with Gasteiger partial charge in [-0.05, 0) is 31.7 Å². The van der Waals surface area contributed by atoms with Crippen molar-refractivity contribution in [2.45, 2.75) is 26.2 Å². The van der Waals surface area contributed by atoms with Crippen LogP contribution in [0.25, 0.3) is 10.8 Å². The zero-order valence-corrected chi connectivity index (χ0v) is 14.3. The highest BCUT2D eigenvalue weighted by atomic mass is 32.1. The molecule has 1 N–H and O–H groups in total. The highest BCUT2D eigenvalue weighted by Gasteiger charge is 2.32. The van der Waals surface area contributed by atoms with Gasteiger partial charge in [-0.1, -0.05) is 11.2 Å². The van der Waals surface area contributed by atoms with Crippen molar-refractivity contribution in [1.29, 1.82) is 0 Å². The molecule has 0 unspecified atom stereocenters. The van der Waals surface area contributed by atoms with Crippen molar-refractivity contribution >= 4 is 17.2 Å². The number of H-pyrrole nitrogens is 1. The number of likely N-dealkylation sites (tertiary alicyclic amines) is 1. The zero-order chi connectivity index (χ0) is 16.7. The fourth-order valence-corrected chi connectivity index (χ4v) is 3.73. The average molecular weight is 343 g/mol. The lowest BCUT2D eigenvalue weighted by atomic mass is 10.1. The van der Waals surface area contributed by atoms with E-state index in [-0.39, 0.29) is 11.8 Å². The molecule has 1 aliphatic heterocycles. The van der Waals surface area contributed by atoms with Gasteiger partial charge in [0.1, 0.15) is 0 Å². The van der Waals surface area contributed by atoms with E-state index >= 15 is 0 Å². The monoisotopic (exact) mass is 343 g/mol. The quantitative estimate of drug-likeness (QED) is 0.790. The number of amides is 1. The number of hydrogen-bond acceptors (Lipinski definition) is 6. The Morgan fingerprint density at radius 3 is 3.04 bits per heavy atom. The summed E-state index contributed by atoms with van der Waals surface area (Å²) >= 11 is 1.57. The molecule has 0 aliphatic carbocycles. The van der Waals surface area contributed by atoms with E-state index in [2.05, 4.69) is 20.3 Å². The minimum Gasteiger partial charge on any atom is -0.338 e. The molecule has 1 fully saturated rings. The van der Waals surface area contributed by atoms with Gasteiger partial charge in [0.25, 0.3) is 11.8 Å². The summed E-state index contributed by atoms with van der Waals surface area (Å²) in [5.41, 5.74) is 2.21. The maximum Gasteiger partial charge on any atom is 0.267 e. The van der Waals surface area contributed by atoms with Crippen LogP contribution in [0.5, 0.6) is 0 Å². The largest absolute Gasteiger partial charge is 0.338 e. The number of nitrogens with zero attached hydrogens (tertiary/aromatic N) is 4. The molecule has 24 heavy (non-hydrogen) atoms. The van der Waals surface area contributed by atoms with E-state index < -0.39 is 0 Å². The first-order chi connectivity index (χ1) is 11.6. The first kappa shape index (κ1) is 15.1. The fraction of sp³-hybridized carbons (Fsp3) is 0.375. The van der Waals surface area contributed by atoms with E-state index in [0.29, 0.717) is 30.4 Å². The maximum absolute atomic E-state index is 12.7. The number of nitrogens with one attached hydrogen (secondary N) is 1. The molecule has 8 heteroatoms. The fourth-order valence-electron chi connectivity index (χ4n) is 3.08. The van der Waals surface area contributed by atoms with Crippen LogP contribution in [-0.2, 0) is 0 Å². The molecule has 1 atom stereocenters. The van der Waals surface area contributed by atoms with E-state index in [4.69, 9.17) is 4.52 Å². The molecule has 1 amide bonds. The Labute approximate surface area is 142 Å². The van der Waals surface area contributed by atoms with Gasteiger partial charge in [-0.2, -0.15) is 10.1 Å². The molecule has 1 saturated heterocycles. The van der Waals surface area contributed by atoms with Crippen molar-refractivity contribution in [1.82, 2.24) is 25.2 Å². The lowest BCUT2D eigenvalue weighted by Crippen LogP contribution is -2.29. The Kier molecular flexibility index (Phi) is 3.68. The molecule has 1 aliphatic rings. The van der Waals surface area contributed by atoms with Gasteiger partial charge in [-0.3, -0.25) is 9.89 Å². The van der Waals surface area contributed by atoms with Crippen LogP contribution in [0, 0.1) is 13.8 Å².